The fraction of sp³-hybridized carbons (Fsp3) is 0.273. The van der Waals surface area contributed by atoms with E-state index in [0.717, 1.165) is 23.1 Å². The molecular formula is C11H10BrClFN3. The predicted molar refractivity (Wildman–Crippen MR) is 68.0 cm³/mol. The summed E-state index contributed by atoms with van der Waals surface area (Å²) in [5, 5.41) is 8.04. The fourth-order valence-electron chi connectivity index (χ4n) is 1.58. The molecule has 0 aliphatic rings. The van der Waals surface area contributed by atoms with Crippen LogP contribution in [0.25, 0.3) is 5.69 Å². The van der Waals surface area contributed by atoms with E-state index < -0.39 is 0 Å². The number of aryl methyl sites for hydroxylation is 1. The molecule has 0 atom stereocenters. The first kappa shape index (κ1) is 12.5. The molecule has 0 aliphatic carbocycles. The summed E-state index contributed by atoms with van der Waals surface area (Å²) in [7, 11) is 0. The summed E-state index contributed by atoms with van der Waals surface area (Å²) >= 11 is 9.36. The van der Waals surface area contributed by atoms with Crippen molar-refractivity contribution in [2.24, 2.45) is 0 Å². The molecule has 0 bridgehead atoms. The SMILES string of the molecule is CCCc1nnc(Cl)n1-c1cc(F)ccc1Br. The topological polar surface area (TPSA) is 30.7 Å². The van der Waals surface area contributed by atoms with Gasteiger partial charge in [-0.05, 0) is 52.2 Å². The molecule has 2 rings (SSSR count). The lowest BCUT2D eigenvalue weighted by Gasteiger charge is -2.09. The van der Waals surface area contributed by atoms with Crippen LogP contribution in [0.15, 0.2) is 22.7 Å². The van der Waals surface area contributed by atoms with Crippen molar-refractivity contribution in [3.63, 3.8) is 0 Å². The van der Waals surface area contributed by atoms with Gasteiger partial charge in [0, 0.05) is 10.9 Å². The van der Waals surface area contributed by atoms with E-state index in [9.17, 15) is 4.39 Å². The smallest absolute Gasteiger partial charge is 0.229 e. The summed E-state index contributed by atoms with van der Waals surface area (Å²) in [6.45, 7) is 2.04. The minimum Gasteiger partial charge on any atom is -0.268 e. The van der Waals surface area contributed by atoms with Gasteiger partial charge >= 0.3 is 0 Å². The first-order valence-corrected chi connectivity index (χ1v) is 6.35. The van der Waals surface area contributed by atoms with Crippen LogP contribution in [0.4, 0.5) is 4.39 Å². The van der Waals surface area contributed by atoms with E-state index in [1.165, 1.54) is 12.1 Å². The van der Waals surface area contributed by atoms with Gasteiger partial charge in [0.1, 0.15) is 11.6 Å². The minimum atomic E-state index is -0.324. The lowest BCUT2D eigenvalue weighted by atomic mass is 10.3. The maximum Gasteiger partial charge on any atom is 0.229 e. The third-order valence-corrected chi connectivity index (χ3v) is 3.23. The van der Waals surface area contributed by atoms with Gasteiger partial charge in [-0.2, -0.15) is 0 Å². The van der Waals surface area contributed by atoms with Crippen LogP contribution in [0.5, 0.6) is 0 Å². The third-order valence-electron chi connectivity index (χ3n) is 2.31. The van der Waals surface area contributed by atoms with Gasteiger partial charge < -0.3 is 0 Å². The molecule has 17 heavy (non-hydrogen) atoms. The number of hydrogen-bond donors (Lipinski definition) is 0. The highest BCUT2D eigenvalue weighted by Crippen LogP contribution is 2.26. The number of aromatic nitrogens is 3. The highest BCUT2D eigenvalue weighted by molar-refractivity contribution is 9.10. The first-order chi connectivity index (χ1) is 8.13. The van der Waals surface area contributed by atoms with Crippen LogP contribution in [-0.2, 0) is 6.42 Å². The Morgan fingerprint density at radius 2 is 2.18 bits per heavy atom. The second-order valence-electron chi connectivity index (χ2n) is 3.57. The van der Waals surface area contributed by atoms with Crippen molar-refractivity contribution in [1.29, 1.82) is 0 Å². The predicted octanol–water partition coefficient (Wildman–Crippen LogP) is 3.77. The number of benzene rings is 1. The van der Waals surface area contributed by atoms with Crippen LogP contribution in [0, 0.1) is 5.82 Å². The molecule has 0 N–H and O–H groups in total. The van der Waals surface area contributed by atoms with Crippen molar-refractivity contribution in [3.8, 4) is 5.69 Å². The van der Waals surface area contributed by atoms with Crippen molar-refractivity contribution in [3.05, 3.63) is 39.6 Å². The van der Waals surface area contributed by atoms with E-state index in [0.29, 0.717) is 5.69 Å². The average Bonchev–Trinajstić information content (AvgIpc) is 2.64. The number of rotatable bonds is 3. The van der Waals surface area contributed by atoms with Gasteiger partial charge in [-0.3, -0.25) is 4.57 Å². The van der Waals surface area contributed by atoms with Crippen LogP contribution in [0.1, 0.15) is 19.2 Å². The van der Waals surface area contributed by atoms with Crippen LogP contribution in [-0.4, -0.2) is 14.8 Å². The molecule has 1 aromatic heterocycles. The van der Waals surface area contributed by atoms with Gasteiger partial charge in [0.15, 0.2) is 0 Å². The van der Waals surface area contributed by atoms with Gasteiger partial charge in [-0.1, -0.05) is 6.92 Å². The molecule has 3 nitrogen and oxygen atoms in total. The molecule has 2 aromatic rings. The molecule has 1 aromatic carbocycles. The largest absolute Gasteiger partial charge is 0.268 e. The molecule has 0 amide bonds. The maximum absolute atomic E-state index is 13.3. The van der Waals surface area contributed by atoms with E-state index >= 15 is 0 Å². The second-order valence-corrected chi connectivity index (χ2v) is 4.76. The zero-order chi connectivity index (χ0) is 12.4. The van der Waals surface area contributed by atoms with Crippen molar-refractivity contribution in [2.75, 3.05) is 0 Å². The Morgan fingerprint density at radius 1 is 1.41 bits per heavy atom. The monoisotopic (exact) mass is 317 g/mol. The zero-order valence-corrected chi connectivity index (χ0v) is 11.5. The van der Waals surface area contributed by atoms with Crippen LogP contribution < -0.4 is 0 Å². The Bertz CT molecular complexity index is 542. The summed E-state index contributed by atoms with van der Waals surface area (Å²) in [6.07, 6.45) is 1.66. The third kappa shape index (κ3) is 2.50. The summed E-state index contributed by atoms with van der Waals surface area (Å²) in [6, 6.07) is 4.42. The van der Waals surface area contributed by atoms with Crippen molar-refractivity contribution >= 4 is 27.5 Å². The first-order valence-electron chi connectivity index (χ1n) is 5.18. The van der Waals surface area contributed by atoms with Gasteiger partial charge in [0.25, 0.3) is 0 Å². The summed E-state index contributed by atoms with van der Waals surface area (Å²) in [5.41, 5.74) is 0.614. The van der Waals surface area contributed by atoms with Gasteiger partial charge in [0.05, 0.1) is 5.69 Å². The fourth-order valence-corrected chi connectivity index (χ4v) is 2.23. The average molecular weight is 319 g/mol. The Morgan fingerprint density at radius 3 is 2.88 bits per heavy atom. The molecule has 90 valence electrons. The van der Waals surface area contributed by atoms with E-state index in [-0.39, 0.29) is 11.1 Å². The number of halogens is 3. The molecule has 6 heteroatoms. The van der Waals surface area contributed by atoms with Crippen molar-refractivity contribution in [2.45, 2.75) is 19.8 Å². The minimum absolute atomic E-state index is 0.236. The standard InChI is InChI=1S/C11H10BrClFN3/c1-2-3-10-15-16-11(13)17(10)9-6-7(14)4-5-8(9)12/h4-6H,2-3H2,1H3. The van der Waals surface area contributed by atoms with Gasteiger partial charge in [-0.15, -0.1) is 10.2 Å². The highest BCUT2D eigenvalue weighted by Gasteiger charge is 2.14. The highest BCUT2D eigenvalue weighted by atomic mass is 79.9. The van der Waals surface area contributed by atoms with Gasteiger partial charge in [0.2, 0.25) is 5.28 Å². The molecule has 0 saturated carbocycles. The summed E-state index contributed by atoms with van der Waals surface area (Å²) in [5.74, 6) is 0.402. The van der Waals surface area contributed by atoms with E-state index in [4.69, 9.17) is 11.6 Å². The van der Waals surface area contributed by atoms with E-state index in [2.05, 4.69) is 26.1 Å². The lowest BCUT2D eigenvalue weighted by Crippen LogP contribution is -2.02. The number of hydrogen-bond acceptors (Lipinski definition) is 2. The maximum atomic E-state index is 13.3. The van der Waals surface area contributed by atoms with Crippen LogP contribution >= 0.6 is 27.5 Å². The van der Waals surface area contributed by atoms with Crippen molar-refractivity contribution < 1.29 is 4.39 Å². The summed E-state index contributed by atoms with van der Waals surface area (Å²) < 4.78 is 15.7. The molecule has 0 aliphatic heterocycles. The molecule has 1 heterocycles. The van der Waals surface area contributed by atoms with E-state index in [1.54, 1.807) is 10.6 Å². The number of nitrogens with zero attached hydrogens (tertiary/aromatic N) is 3. The second kappa shape index (κ2) is 5.14. The Kier molecular flexibility index (Phi) is 3.79. The van der Waals surface area contributed by atoms with Crippen LogP contribution in [0.3, 0.4) is 0 Å². The molecule has 0 radical (unpaired) electrons. The van der Waals surface area contributed by atoms with Crippen molar-refractivity contribution in [1.82, 2.24) is 14.8 Å². The molecular weight excluding hydrogens is 308 g/mol. The normalized spacial score (nSPS) is 10.8. The molecule has 0 unspecified atom stereocenters. The van der Waals surface area contributed by atoms with Crippen LogP contribution in [0.2, 0.25) is 5.28 Å². The quantitative estimate of drug-likeness (QED) is 0.862. The molecule has 0 spiro atoms. The summed E-state index contributed by atoms with van der Waals surface area (Å²) in [4.78, 5) is 0. The van der Waals surface area contributed by atoms with E-state index in [1.807, 2.05) is 6.92 Å². The Labute approximate surface area is 112 Å². The lowest BCUT2D eigenvalue weighted by molar-refractivity contribution is 0.625. The molecule has 0 saturated heterocycles. The molecule has 0 fully saturated rings. The Balaban J connectivity index is 2.58. The zero-order valence-electron chi connectivity index (χ0n) is 9.12. The van der Waals surface area contributed by atoms with Gasteiger partial charge in [-0.25, -0.2) is 4.39 Å². The Hall–Kier alpha value is -0.940.